The molecular formula is C17H22KN3O. The minimum absolute atomic E-state index is 0. The number of rotatable bonds is 7. The van der Waals surface area contributed by atoms with Gasteiger partial charge in [0.1, 0.15) is 0 Å². The molecule has 2 aromatic rings. The quantitative estimate of drug-likeness (QED) is 0.545. The van der Waals surface area contributed by atoms with Gasteiger partial charge in [-0.25, -0.2) is 0 Å². The van der Waals surface area contributed by atoms with E-state index in [0.717, 1.165) is 18.5 Å². The first-order chi connectivity index (χ1) is 10.1. The number of aromatic nitrogens is 2. The van der Waals surface area contributed by atoms with Crippen molar-refractivity contribution in [1.29, 1.82) is 0 Å². The third kappa shape index (κ3) is 6.34. The van der Waals surface area contributed by atoms with Crippen LogP contribution in [0.1, 0.15) is 31.5 Å². The Morgan fingerprint density at radius 3 is 2.64 bits per heavy atom. The second-order valence-corrected chi connectivity index (χ2v) is 5.92. The van der Waals surface area contributed by atoms with E-state index < -0.39 is 5.41 Å². The van der Waals surface area contributed by atoms with E-state index in [1.807, 2.05) is 32.0 Å². The molecule has 112 valence electrons. The van der Waals surface area contributed by atoms with Crippen molar-refractivity contribution in [1.82, 2.24) is 15.3 Å². The number of aryl methyl sites for hydroxylation is 1. The normalized spacial score (nSPS) is 10.8. The molecule has 4 nitrogen and oxygen atoms in total. The van der Waals surface area contributed by atoms with Crippen LogP contribution in [0.3, 0.4) is 0 Å². The van der Waals surface area contributed by atoms with Gasteiger partial charge < -0.3 is 15.3 Å². The molecular weight excluding hydrogens is 301 g/mol. The van der Waals surface area contributed by atoms with Crippen molar-refractivity contribution in [3.05, 3.63) is 54.1 Å². The third-order valence-corrected chi connectivity index (χ3v) is 3.52. The summed E-state index contributed by atoms with van der Waals surface area (Å²) in [6.07, 6.45) is 5.77. The van der Waals surface area contributed by atoms with Gasteiger partial charge in [-0.3, -0.25) is 4.79 Å². The Labute approximate surface area is 174 Å². The average molecular weight is 323 g/mol. The van der Waals surface area contributed by atoms with Gasteiger partial charge in [0.2, 0.25) is 5.91 Å². The first-order valence-electron chi connectivity index (χ1n) is 7.32. The summed E-state index contributed by atoms with van der Waals surface area (Å²) in [6.45, 7) is 4.58. The molecule has 0 fully saturated rings. The molecule has 0 radical (unpaired) electrons. The molecule has 22 heavy (non-hydrogen) atoms. The number of hydrogen-bond acceptors (Lipinski definition) is 2. The van der Waals surface area contributed by atoms with Crippen LogP contribution in [-0.4, -0.2) is 17.4 Å². The Morgan fingerprint density at radius 2 is 2.00 bits per heavy atom. The van der Waals surface area contributed by atoms with Gasteiger partial charge in [0.05, 0.1) is 0 Å². The van der Waals surface area contributed by atoms with Gasteiger partial charge in [0.25, 0.3) is 0 Å². The van der Waals surface area contributed by atoms with Crippen LogP contribution < -0.4 is 61.7 Å². The zero-order valence-corrected chi connectivity index (χ0v) is 16.8. The second kappa shape index (κ2) is 9.63. The standard InChI is InChI=1S/C17H23N3O.K/c1-17(2,11-15-12-18-13-20-15)16(21)19-10-6-9-14-7-4-3-5-8-14;/h3-5,7-8,12-13H,6,9-11H2,1-2H3,(H2,18,19,20,21);/q;+1/p-1. The number of imidazole rings is 1. The molecule has 0 bridgehead atoms. The maximum absolute atomic E-state index is 12.2. The number of amides is 1. The van der Waals surface area contributed by atoms with E-state index in [1.165, 1.54) is 11.9 Å². The molecule has 2 rings (SSSR count). The van der Waals surface area contributed by atoms with Gasteiger partial charge in [0, 0.05) is 12.0 Å². The summed E-state index contributed by atoms with van der Waals surface area (Å²) in [5.74, 6) is 0.0681. The van der Waals surface area contributed by atoms with Crippen LogP contribution in [0, 0.1) is 5.41 Å². The SMILES string of the molecule is CC(C)(Cc1cnc[n-]1)C(=O)NCCCc1ccccc1.[K+]. The van der Waals surface area contributed by atoms with Gasteiger partial charge >= 0.3 is 51.4 Å². The number of carbonyl (C=O) groups is 1. The first kappa shape index (κ1) is 19.6. The predicted molar refractivity (Wildman–Crippen MR) is 82.8 cm³/mol. The molecule has 0 saturated carbocycles. The fourth-order valence-electron chi connectivity index (χ4n) is 2.26. The van der Waals surface area contributed by atoms with Crippen molar-refractivity contribution in [3.8, 4) is 0 Å². The number of nitrogens with zero attached hydrogens (tertiary/aromatic N) is 2. The molecule has 1 aromatic carbocycles. The first-order valence-corrected chi connectivity index (χ1v) is 7.32. The number of benzene rings is 1. The van der Waals surface area contributed by atoms with Crippen molar-refractivity contribution < 1.29 is 56.2 Å². The third-order valence-electron chi connectivity index (χ3n) is 3.52. The molecule has 1 heterocycles. The molecule has 0 aliphatic heterocycles. The van der Waals surface area contributed by atoms with Crippen molar-refractivity contribution in [2.24, 2.45) is 5.41 Å². The van der Waals surface area contributed by atoms with E-state index >= 15 is 0 Å². The maximum Gasteiger partial charge on any atom is 1.00 e. The Morgan fingerprint density at radius 1 is 1.27 bits per heavy atom. The summed E-state index contributed by atoms with van der Waals surface area (Å²) in [6, 6.07) is 10.3. The van der Waals surface area contributed by atoms with Crippen molar-refractivity contribution in [3.63, 3.8) is 0 Å². The van der Waals surface area contributed by atoms with Crippen LogP contribution in [0.25, 0.3) is 0 Å². The molecule has 0 aliphatic rings. The maximum atomic E-state index is 12.2. The Kier molecular flexibility index (Phi) is 8.57. The molecule has 0 spiro atoms. The van der Waals surface area contributed by atoms with Crippen molar-refractivity contribution in [2.45, 2.75) is 33.1 Å². The monoisotopic (exact) mass is 323 g/mol. The Bertz CT molecular complexity index is 553. The van der Waals surface area contributed by atoms with Gasteiger partial charge in [-0.05, 0) is 24.8 Å². The minimum atomic E-state index is -0.463. The summed E-state index contributed by atoms with van der Waals surface area (Å²) in [4.78, 5) is 20.3. The van der Waals surface area contributed by atoms with Crippen LogP contribution in [-0.2, 0) is 17.6 Å². The van der Waals surface area contributed by atoms with E-state index in [0.29, 0.717) is 13.0 Å². The Balaban J connectivity index is 0.00000242. The van der Waals surface area contributed by atoms with Crippen LogP contribution in [0.2, 0.25) is 0 Å². The molecule has 0 unspecified atom stereocenters. The van der Waals surface area contributed by atoms with Gasteiger partial charge in [0.15, 0.2) is 0 Å². The summed E-state index contributed by atoms with van der Waals surface area (Å²) >= 11 is 0. The molecule has 5 heteroatoms. The van der Waals surface area contributed by atoms with Crippen LogP contribution >= 0.6 is 0 Å². The van der Waals surface area contributed by atoms with E-state index in [-0.39, 0.29) is 57.3 Å². The van der Waals surface area contributed by atoms with Crippen LogP contribution in [0.5, 0.6) is 0 Å². The summed E-state index contributed by atoms with van der Waals surface area (Å²) < 4.78 is 0. The number of hydrogen-bond donors (Lipinski definition) is 1. The number of carbonyl (C=O) groups excluding carboxylic acids is 1. The fourth-order valence-corrected chi connectivity index (χ4v) is 2.26. The van der Waals surface area contributed by atoms with Gasteiger partial charge in [-0.1, -0.05) is 62.4 Å². The van der Waals surface area contributed by atoms with Gasteiger partial charge in [-0.2, -0.15) is 0 Å². The molecule has 1 amide bonds. The largest absolute Gasteiger partial charge is 1.00 e. The molecule has 0 atom stereocenters. The zero-order chi connectivity index (χ0) is 15.1. The molecule has 1 aromatic heterocycles. The average Bonchev–Trinajstić information content (AvgIpc) is 2.96. The molecule has 1 N–H and O–H groups in total. The molecule has 0 saturated heterocycles. The van der Waals surface area contributed by atoms with Crippen molar-refractivity contribution >= 4 is 5.91 Å². The minimum Gasteiger partial charge on any atom is -0.450 e. The summed E-state index contributed by atoms with van der Waals surface area (Å²) in [5, 5.41) is 3.02. The van der Waals surface area contributed by atoms with Gasteiger partial charge in [-0.15, -0.1) is 0 Å². The zero-order valence-electron chi connectivity index (χ0n) is 13.7. The van der Waals surface area contributed by atoms with E-state index in [1.54, 1.807) is 6.20 Å². The molecule has 0 aliphatic carbocycles. The van der Waals surface area contributed by atoms with E-state index in [9.17, 15) is 4.79 Å². The van der Waals surface area contributed by atoms with E-state index in [4.69, 9.17) is 0 Å². The smallest absolute Gasteiger partial charge is 0.450 e. The fraction of sp³-hybridized carbons (Fsp3) is 0.412. The summed E-state index contributed by atoms with van der Waals surface area (Å²) in [7, 11) is 0. The number of nitrogens with one attached hydrogen (secondary N) is 1. The van der Waals surface area contributed by atoms with E-state index in [2.05, 4.69) is 27.4 Å². The topological polar surface area (TPSA) is 56.1 Å². The second-order valence-electron chi connectivity index (χ2n) is 5.92. The predicted octanol–water partition coefficient (Wildman–Crippen LogP) is -0.639. The van der Waals surface area contributed by atoms with Crippen LogP contribution in [0.4, 0.5) is 0 Å². The van der Waals surface area contributed by atoms with Crippen LogP contribution in [0.15, 0.2) is 42.9 Å². The van der Waals surface area contributed by atoms with Crippen molar-refractivity contribution in [2.75, 3.05) is 6.54 Å². The Hall–Kier alpha value is -0.464. The summed E-state index contributed by atoms with van der Waals surface area (Å²) in [5.41, 5.74) is 1.70.